The lowest BCUT2D eigenvalue weighted by atomic mass is 10.1. The molecule has 0 heterocycles. The van der Waals surface area contributed by atoms with Crippen LogP contribution < -0.4 is 56.8 Å². The molecule has 0 atom stereocenters. The largest absolute Gasteiger partial charge is 0.493 e. The zero-order valence-electron chi connectivity index (χ0n) is 35.0. The van der Waals surface area contributed by atoms with Gasteiger partial charge in [0.05, 0.1) is 82.2 Å². The molecule has 0 bridgehead atoms. The molecule has 0 N–H and O–H groups in total. The van der Waals surface area contributed by atoms with Gasteiger partial charge < -0.3 is 56.8 Å². The molecule has 0 unspecified atom stereocenters. The Labute approximate surface area is 348 Å². The summed E-state index contributed by atoms with van der Waals surface area (Å²) in [5.74, 6) is 1.87. The van der Waals surface area contributed by atoms with Crippen LogP contribution in [0.2, 0.25) is 0 Å². The van der Waals surface area contributed by atoms with E-state index < -0.39 is 11.9 Å². The summed E-state index contributed by atoms with van der Waals surface area (Å²) in [5, 5.41) is 0. The van der Waals surface area contributed by atoms with Crippen LogP contribution in [0.5, 0.6) is 69.0 Å². The molecule has 0 spiro atoms. The maximum absolute atomic E-state index is 13.3. The van der Waals surface area contributed by atoms with Gasteiger partial charge in [0.2, 0.25) is 23.0 Å². The number of rotatable bonds is 18. The van der Waals surface area contributed by atoms with Crippen molar-refractivity contribution in [2.75, 3.05) is 71.1 Å². The van der Waals surface area contributed by atoms with Crippen LogP contribution in [0.15, 0.2) is 72.8 Å². The third-order valence-corrected chi connectivity index (χ3v) is 9.03. The molecule has 0 aliphatic carbocycles. The fourth-order valence-electron chi connectivity index (χ4n) is 6.00. The molecule has 14 nitrogen and oxygen atoms in total. The predicted octanol–water partition coefficient (Wildman–Crippen LogP) is 8.55. The molecule has 14 heteroatoms. The average Bonchev–Trinajstić information content (AvgIpc) is 3.29. The number of methoxy groups -OCH3 is 10. The minimum absolute atomic E-state index is 0.105. The Kier molecular flexibility index (Phi) is 14.8. The predicted molar refractivity (Wildman–Crippen MR) is 226 cm³/mol. The van der Waals surface area contributed by atoms with Gasteiger partial charge in [-0.3, -0.25) is 0 Å². The number of ether oxygens (including phenoxy) is 12. The van der Waals surface area contributed by atoms with Crippen molar-refractivity contribution in [1.29, 1.82) is 0 Å². The molecule has 0 radical (unpaired) electrons. The highest BCUT2D eigenvalue weighted by atomic mass is 16.6. The van der Waals surface area contributed by atoms with Crippen molar-refractivity contribution in [3.63, 3.8) is 0 Å². The molecule has 0 saturated heterocycles. The highest BCUT2D eigenvalue weighted by molar-refractivity contribution is 5.94. The first-order chi connectivity index (χ1) is 29.1. The van der Waals surface area contributed by atoms with Crippen molar-refractivity contribution in [1.82, 2.24) is 0 Å². The minimum atomic E-state index is -0.687. The number of carbonyl (C=O) groups is 2. The molecule has 0 saturated carbocycles. The second kappa shape index (κ2) is 20.3. The summed E-state index contributed by atoms with van der Waals surface area (Å²) in [6.45, 7) is 0. The highest BCUT2D eigenvalue weighted by Gasteiger charge is 2.24. The third-order valence-electron chi connectivity index (χ3n) is 9.03. The van der Waals surface area contributed by atoms with E-state index in [1.807, 2.05) is 48.6 Å². The first kappa shape index (κ1) is 43.6. The van der Waals surface area contributed by atoms with Crippen LogP contribution in [0.4, 0.5) is 0 Å². The third kappa shape index (κ3) is 9.79. The van der Waals surface area contributed by atoms with E-state index in [0.717, 1.165) is 22.3 Å². The maximum atomic E-state index is 13.3. The summed E-state index contributed by atoms with van der Waals surface area (Å²) in [6, 6.07) is 20.8. The quantitative estimate of drug-likeness (QED) is 0.0473. The normalized spacial score (nSPS) is 10.8. The first-order valence-corrected chi connectivity index (χ1v) is 18.1. The number of esters is 2. The molecule has 60 heavy (non-hydrogen) atoms. The number of benzene rings is 5. The van der Waals surface area contributed by atoms with E-state index >= 15 is 0 Å². The first-order valence-electron chi connectivity index (χ1n) is 18.1. The van der Waals surface area contributed by atoms with E-state index in [1.54, 1.807) is 24.3 Å². The Balaban J connectivity index is 1.31. The number of hydrogen-bond acceptors (Lipinski definition) is 14. The van der Waals surface area contributed by atoms with Gasteiger partial charge in [-0.05, 0) is 70.8 Å². The van der Waals surface area contributed by atoms with Gasteiger partial charge in [-0.25, -0.2) is 9.59 Å². The second-order valence-electron chi connectivity index (χ2n) is 12.4. The van der Waals surface area contributed by atoms with Crippen LogP contribution in [-0.4, -0.2) is 83.0 Å². The molecule has 0 aliphatic heterocycles. The van der Waals surface area contributed by atoms with E-state index in [9.17, 15) is 9.59 Å². The zero-order valence-corrected chi connectivity index (χ0v) is 35.0. The molecule has 5 aromatic rings. The molecular weight excluding hydrogens is 776 g/mol. The fraction of sp³-hybridized carbons (Fsp3) is 0.217. The second-order valence-corrected chi connectivity index (χ2v) is 12.4. The van der Waals surface area contributed by atoms with E-state index in [1.165, 1.54) is 95.4 Å². The van der Waals surface area contributed by atoms with E-state index in [-0.39, 0.29) is 45.6 Å². The highest BCUT2D eigenvalue weighted by Crippen LogP contribution is 2.43. The van der Waals surface area contributed by atoms with Gasteiger partial charge in [0.25, 0.3) is 0 Å². The SMILES string of the molecule is COc1cc(C(=O)Oc2c(OC)cc(/C=C/c3ccc(/C=C/c4cc(OC)c(OC(=O)c5cc(OC)c(OC)c(OC)c5)c(OC)c4)cc3)cc2OC)cc(OC)c1OC. The molecular formula is C46H46O14. The van der Waals surface area contributed by atoms with Crippen LogP contribution in [0, 0.1) is 0 Å². The van der Waals surface area contributed by atoms with Crippen LogP contribution >= 0.6 is 0 Å². The lowest BCUT2D eigenvalue weighted by Gasteiger charge is -2.16. The summed E-state index contributed by atoms with van der Waals surface area (Å²) in [6.07, 6.45) is 7.62. The molecule has 0 amide bonds. The Morgan fingerprint density at radius 2 is 0.550 bits per heavy atom. The minimum Gasteiger partial charge on any atom is -0.493 e. The van der Waals surface area contributed by atoms with Crippen molar-refractivity contribution >= 4 is 36.2 Å². The molecule has 0 aromatic heterocycles. The van der Waals surface area contributed by atoms with Gasteiger partial charge in [0.15, 0.2) is 46.0 Å². The lowest BCUT2D eigenvalue weighted by molar-refractivity contribution is 0.0714. The van der Waals surface area contributed by atoms with Crippen molar-refractivity contribution in [3.8, 4) is 69.0 Å². The fourth-order valence-corrected chi connectivity index (χ4v) is 6.00. The molecule has 314 valence electrons. The smallest absolute Gasteiger partial charge is 0.344 e. The summed E-state index contributed by atoms with van der Waals surface area (Å²) < 4.78 is 66.2. The van der Waals surface area contributed by atoms with Crippen molar-refractivity contribution in [2.45, 2.75) is 0 Å². The van der Waals surface area contributed by atoms with E-state index in [0.29, 0.717) is 34.5 Å². The zero-order chi connectivity index (χ0) is 43.3. The van der Waals surface area contributed by atoms with E-state index in [2.05, 4.69) is 0 Å². The van der Waals surface area contributed by atoms with Crippen molar-refractivity contribution < 1.29 is 66.4 Å². The van der Waals surface area contributed by atoms with Gasteiger partial charge in [-0.2, -0.15) is 0 Å². The van der Waals surface area contributed by atoms with Crippen molar-refractivity contribution in [3.05, 3.63) is 106 Å². The maximum Gasteiger partial charge on any atom is 0.344 e. The Morgan fingerprint density at radius 3 is 0.783 bits per heavy atom. The monoisotopic (exact) mass is 822 g/mol. The Morgan fingerprint density at radius 1 is 0.317 bits per heavy atom. The van der Waals surface area contributed by atoms with E-state index in [4.69, 9.17) is 56.8 Å². The lowest BCUT2D eigenvalue weighted by Crippen LogP contribution is -2.11. The Hall–Kier alpha value is -7.48. The summed E-state index contributed by atoms with van der Waals surface area (Å²) >= 11 is 0. The molecule has 0 aliphatic rings. The van der Waals surface area contributed by atoms with Gasteiger partial charge in [0, 0.05) is 0 Å². The van der Waals surface area contributed by atoms with Crippen LogP contribution in [0.3, 0.4) is 0 Å². The summed E-state index contributed by atoms with van der Waals surface area (Å²) in [4.78, 5) is 26.6. The summed E-state index contributed by atoms with van der Waals surface area (Å²) in [5.41, 5.74) is 3.65. The number of hydrogen-bond donors (Lipinski definition) is 0. The van der Waals surface area contributed by atoms with Crippen molar-refractivity contribution in [2.24, 2.45) is 0 Å². The van der Waals surface area contributed by atoms with Gasteiger partial charge in [-0.1, -0.05) is 48.6 Å². The number of carbonyl (C=O) groups excluding carboxylic acids is 2. The topological polar surface area (TPSA) is 145 Å². The standard InChI is InChI=1S/C46H46O14/c1-49-33-19-29(20-34(50-2)43(33)59-45(47)31-23-37(53-5)41(57-9)38(24-31)54-6)17-15-27-11-13-28(14-12-27)16-18-30-21-35(51-3)44(36(22-30)52-4)60-46(48)32-25-39(55-7)42(58-10)40(26-32)56-8/h11-26H,1-10H3/b17-15+,18-16+. The summed E-state index contributed by atoms with van der Waals surface area (Å²) in [7, 11) is 14.7. The van der Waals surface area contributed by atoms with Gasteiger partial charge in [-0.15, -0.1) is 0 Å². The van der Waals surface area contributed by atoms with Crippen LogP contribution in [-0.2, 0) is 0 Å². The van der Waals surface area contributed by atoms with Gasteiger partial charge >= 0.3 is 11.9 Å². The van der Waals surface area contributed by atoms with Crippen LogP contribution in [0.1, 0.15) is 43.0 Å². The average molecular weight is 823 g/mol. The van der Waals surface area contributed by atoms with Gasteiger partial charge in [0.1, 0.15) is 0 Å². The molecule has 0 fully saturated rings. The Bertz CT molecular complexity index is 2110. The molecule has 5 aromatic carbocycles. The van der Waals surface area contributed by atoms with Crippen LogP contribution in [0.25, 0.3) is 24.3 Å². The molecule has 5 rings (SSSR count).